The third-order valence-corrected chi connectivity index (χ3v) is 7.00. The van der Waals surface area contributed by atoms with Crippen LogP contribution in [0.1, 0.15) is 36.8 Å². The molecule has 0 radical (unpaired) electrons. The molecule has 5 N–H and O–H groups in total. The minimum atomic E-state index is -0.649. The second-order valence-corrected chi connectivity index (χ2v) is 10.2. The number of piperidine rings is 1. The van der Waals surface area contributed by atoms with E-state index in [1.54, 1.807) is 30.2 Å². The number of benzene rings is 2. The fraction of sp³-hybridized carbons (Fsp3) is 0.483. The quantitative estimate of drug-likeness (QED) is 0.225. The van der Waals surface area contributed by atoms with E-state index in [0.717, 1.165) is 19.3 Å². The molecule has 10 nitrogen and oxygen atoms in total. The summed E-state index contributed by atoms with van der Waals surface area (Å²) >= 11 is 6.28. The van der Waals surface area contributed by atoms with Gasteiger partial charge in [0.25, 0.3) is 5.91 Å². The molecule has 1 aliphatic rings. The van der Waals surface area contributed by atoms with Crippen molar-refractivity contribution in [3.63, 3.8) is 0 Å². The van der Waals surface area contributed by atoms with E-state index in [1.807, 2.05) is 24.3 Å². The molecule has 1 heterocycles. The van der Waals surface area contributed by atoms with Crippen molar-refractivity contribution in [1.29, 1.82) is 5.41 Å². The van der Waals surface area contributed by atoms with E-state index in [-0.39, 0.29) is 43.7 Å². The Morgan fingerprint density at radius 2 is 1.88 bits per heavy atom. The van der Waals surface area contributed by atoms with Crippen LogP contribution in [-0.4, -0.2) is 86.2 Å². The van der Waals surface area contributed by atoms with E-state index in [9.17, 15) is 14.7 Å². The maximum Gasteiger partial charge on any atom is 0.260 e. The average Bonchev–Trinajstić information content (AvgIpc) is 2.96. The van der Waals surface area contributed by atoms with E-state index in [1.165, 1.54) is 5.56 Å². The molecule has 11 heteroatoms. The number of ether oxygens (including phenoxy) is 3. The maximum absolute atomic E-state index is 12.7. The second-order valence-electron chi connectivity index (χ2n) is 9.79. The number of primary amides is 1. The highest BCUT2D eigenvalue weighted by Crippen LogP contribution is 2.26. The van der Waals surface area contributed by atoms with Gasteiger partial charge in [0.15, 0.2) is 6.61 Å². The topological polar surface area (TPSA) is 147 Å². The third-order valence-electron chi connectivity index (χ3n) is 6.70. The van der Waals surface area contributed by atoms with Gasteiger partial charge in [-0.2, -0.15) is 0 Å². The van der Waals surface area contributed by atoms with Gasteiger partial charge in [-0.25, -0.2) is 0 Å². The number of rotatable bonds is 16. The zero-order chi connectivity index (χ0) is 28.9. The zero-order valence-corrected chi connectivity index (χ0v) is 23.6. The predicted octanol–water partition coefficient (Wildman–Crippen LogP) is 2.56. The van der Waals surface area contributed by atoms with Crippen LogP contribution in [0.5, 0.6) is 11.5 Å². The van der Waals surface area contributed by atoms with Crippen LogP contribution in [0.3, 0.4) is 0 Å². The first-order valence-electron chi connectivity index (χ1n) is 13.4. The van der Waals surface area contributed by atoms with Crippen LogP contribution in [-0.2, 0) is 20.7 Å². The van der Waals surface area contributed by atoms with Crippen molar-refractivity contribution in [2.75, 3.05) is 46.6 Å². The number of amides is 2. The van der Waals surface area contributed by atoms with Crippen molar-refractivity contribution in [1.82, 2.24) is 10.2 Å². The van der Waals surface area contributed by atoms with Crippen molar-refractivity contribution in [2.24, 2.45) is 5.73 Å². The van der Waals surface area contributed by atoms with Crippen LogP contribution in [0.25, 0.3) is 0 Å². The molecule has 1 saturated heterocycles. The summed E-state index contributed by atoms with van der Waals surface area (Å²) in [6, 6.07) is 12.9. The molecule has 0 aliphatic carbocycles. The molecule has 2 aromatic rings. The van der Waals surface area contributed by atoms with Crippen LogP contribution < -0.4 is 20.5 Å². The highest BCUT2D eigenvalue weighted by molar-refractivity contribution is 6.32. The van der Waals surface area contributed by atoms with Gasteiger partial charge in [-0.1, -0.05) is 23.7 Å². The van der Waals surface area contributed by atoms with Gasteiger partial charge in [-0.05, 0) is 67.1 Å². The Morgan fingerprint density at radius 1 is 1.15 bits per heavy atom. The fourth-order valence-corrected chi connectivity index (χ4v) is 4.52. The molecule has 2 aromatic carbocycles. The minimum absolute atomic E-state index is 0.0929. The summed E-state index contributed by atoms with van der Waals surface area (Å²) in [5.74, 6) is 0.477. The predicted molar refractivity (Wildman–Crippen MR) is 153 cm³/mol. The fourth-order valence-electron chi connectivity index (χ4n) is 4.29. The lowest BCUT2D eigenvalue weighted by molar-refractivity contribution is -0.134. The van der Waals surface area contributed by atoms with Gasteiger partial charge in [0.2, 0.25) is 5.91 Å². The summed E-state index contributed by atoms with van der Waals surface area (Å²) in [7, 11) is 1.68. The van der Waals surface area contributed by atoms with Gasteiger partial charge >= 0.3 is 0 Å². The first kappa shape index (κ1) is 31.3. The smallest absolute Gasteiger partial charge is 0.260 e. The molecule has 0 spiro atoms. The standard InChI is InChI=1S/C29H39ClN4O6/c1-38-15-12-20-2-5-24(6-3-20)39-18-23(35)17-33-22-10-13-34(14-11-22)29(37)19-40-27-8-4-21(16-25(27)30)26(31)7-9-28(32)36/h2-6,8,16,22-23,31,33,35H,7,9-15,17-19H2,1H3,(H2,32,36). The molecular formula is C29H39ClN4O6. The largest absolute Gasteiger partial charge is 0.491 e. The molecule has 1 unspecified atom stereocenters. The molecule has 2 amide bonds. The van der Waals surface area contributed by atoms with E-state index in [0.29, 0.717) is 48.3 Å². The maximum atomic E-state index is 12.7. The number of carbonyl (C=O) groups is 2. The summed E-state index contributed by atoms with van der Waals surface area (Å²) in [6.07, 6.45) is 2.06. The number of carbonyl (C=O) groups excluding carboxylic acids is 2. The molecule has 1 atom stereocenters. The Kier molecular flexibility index (Phi) is 12.7. The zero-order valence-electron chi connectivity index (χ0n) is 22.9. The number of aliphatic hydroxyl groups is 1. The second kappa shape index (κ2) is 16.2. The lowest BCUT2D eigenvalue weighted by Crippen LogP contribution is -2.48. The van der Waals surface area contributed by atoms with Crippen LogP contribution >= 0.6 is 11.6 Å². The van der Waals surface area contributed by atoms with E-state index in [4.69, 9.17) is 37.0 Å². The number of likely N-dealkylation sites (tertiary alicyclic amines) is 1. The normalized spacial score (nSPS) is 14.5. The molecule has 1 aliphatic heterocycles. The van der Waals surface area contributed by atoms with Crippen molar-refractivity contribution in [2.45, 2.75) is 44.2 Å². The molecule has 218 valence electrons. The lowest BCUT2D eigenvalue weighted by Gasteiger charge is -2.33. The molecule has 0 bridgehead atoms. The average molecular weight is 575 g/mol. The van der Waals surface area contributed by atoms with E-state index >= 15 is 0 Å². The first-order chi connectivity index (χ1) is 19.2. The summed E-state index contributed by atoms with van der Waals surface area (Å²) in [4.78, 5) is 25.4. The van der Waals surface area contributed by atoms with Crippen LogP contribution in [0.15, 0.2) is 42.5 Å². The summed E-state index contributed by atoms with van der Waals surface area (Å²) in [5, 5.41) is 22.0. The number of nitrogens with zero attached hydrogens (tertiary/aromatic N) is 1. The number of methoxy groups -OCH3 is 1. The van der Waals surface area contributed by atoms with Crippen molar-refractivity contribution in [3.05, 3.63) is 58.6 Å². The third kappa shape index (κ3) is 10.4. The Balaban J connectivity index is 1.32. The van der Waals surface area contributed by atoms with Gasteiger partial charge < -0.3 is 40.7 Å². The molecular weight excluding hydrogens is 536 g/mol. The van der Waals surface area contributed by atoms with Crippen LogP contribution in [0.4, 0.5) is 0 Å². The summed E-state index contributed by atoms with van der Waals surface area (Å²) in [5.41, 5.74) is 7.14. The monoisotopic (exact) mass is 574 g/mol. The minimum Gasteiger partial charge on any atom is -0.491 e. The van der Waals surface area contributed by atoms with Crippen molar-refractivity contribution in [3.8, 4) is 11.5 Å². The molecule has 0 saturated carbocycles. The molecule has 3 rings (SSSR count). The Bertz CT molecular complexity index is 1120. The van der Waals surface area contributed by atoms with Crippen molar-refractivity contribution >= 4 is 29.1 Å². The van der Waals surface area contributed by atoms with E-state index in [2.05, 4.69) is 5.32 Å². The summed E-state index contributed by atoms with van der Waals surface area (Å²) in [6.45, 7) is 2.31. The van der Waals surface area contributed by atoms with E-state index < -0.39 is 12.0 Å². The van der Waals surface area contributed by atoms with Gasteiger partial charge in [0, 0.05) is 44.9 Å². The highest BCUT2D eigenvalue weighted by Gasteiger charge is 2.23. The molecule has 1 fully saturated rings. The number of nitrogens with one attached hydrogen (secondary N) is 2. The SMILES string of the molecule is COCCc1ccc(OCC(O)CNC2CCN(C(=O)COc3ccc(C(=N)CCC(N)=O)cc3Cl)CC2)cc1. The molecule has 40 heavy (non-hydrogen) atoms. The van der Waals surface area contributed by atoms with Crippen LogP contribution in [0, 0.1) is 5.41 Å². The van der Waals surface area contributed by atoms with Gasteiger partial charge in [-0.15, -0.1) is 0 Å². The van der Waals surface area contributed by atoms with Gasteiger partial charge in [0.05, 0.1) is 11.6 Å². The number of aliphatic hydroxyl groups excluding tert-OH is 1. The highest BCUT2D eigenvalue weighted by atomic mass is 35.5. The number of hydrogen-bond acceptors (Lipinski definition) is 8. The lowest BCUT2D eigenvalue weighted by atomic mass is 10.0. The molecule has 0 aromatic heterocycles. The van der Waals surface area contributed by atoms with Crippen molar-refractivity contribution < 1.29 is 28.9 Å². The van der Waals surface area contributed by atoms with Crippen LogP contribution in [0.2, 0.25) is 5.02 Å². The summed E-state index contributed by atoms with van der Waals surface area (Å²) < 4.78 is 16.4. The number of hydrogen-bond donors (Lipinski definition) is 4. The Hall–Kier alpha value is -3.18. The number of nitrogens with two attached hydrogens (primary N) is 1. The van der Waals surface area contributed by atoms with Gasteiger partial charge in [0.1, 0.15) is 24.2 Å². The Labute approximate surface area is 240 Å². The van der Waals surface area contributed by atoms with Gasteiger partial charge in [-0.3, -0.25) is 9.59 Å². The number of halogens is 1. The first-order valence-corrected chi connectivity index (χ1v) is 13.8. The Morgan fingerprint density at radius 3 is 2.52 bits per heavy atom.